The van der Waals surface area contributed by atoms with Crippen LogP contribution in [0.2, 0.25) is 0 Å². The number of carbonyl (C=O) groups excluding carboxylic acids is 1. The molecule has 0 saturated heterocycles. The number of amides is 1. The molecule has 0 radical (unpaired) electrons. The third-order valence-electron chi connectivity index (χ3n) is 3.60. The minimum Gasteiger partial charge on any atom is -0.350 e. The van der Waals surface area contributed by atoms with E-state index in [1.165, 1.54) is 18.0 Å². The van der Waals surface area contributed by atoms with Gasteiger partial charge in [-0.05, 0) is 24.6 Å². The van der Waals surface area contributed by atoms with E-state index < -0.39 is 0 Å². The Balaban J connectivity index is 1.53. The van der Waals surface area contributed by atoms with Crippen LogP contribution in [0, 0.1) is 6.92 Å². The number of hydrogen-bond donors (Lipinski definition) is 2. The van der Waals surface area contributed by atoms with E-state index in [-0.39, 0.29) is 5.91 Å². The van der Waals surface area contributed by atoms with Gasteiger partial charge in [-0.2, -0.15) is 0 Å². The Hall–Kier alpha value is -3.28. The molecule has 0 saturated carbocycles. The van der Waals surface area contributed by atoms with Crippen LogP contribution in [0.25, 0.3) is 0 Å². The SMILES string of the molecule is Cc1cccc(CNc2ncc(C(=O)NCc3ccccn3)cn2)c1. The minimum atomic E-state index is -0.226. The van der Waals surface area contributed by atoms with Crippen LogP contribution in [0.5, 0.6) is 0 Å². The third kappa shape index (κ3) is 4.84. The van der Waals surface area contributed by atoms with Gasteiger partial charge in [-0.1, -0.05) is 35.9 Å². The number of aromatic nitrogens is 3. The predicted molar refractivity (Wildman–Crippen MR) is 95.9 cm³/mol. The Bertz CT molecular complexity index is 834. The van der Waals surface area contributed by atoms with E-state index in [9.17, 15) is 4.79 Å². The molecule has 0 aliphatic heterocycles. The number of pyridine rings is 1. The van der Waals surface area contributed by atoms with Crippen LogP contribution in [0.1, 0.15) is 27.2 Å². The van der Waals surface area contributed by atoms with Crippen molar-refractivity contribution in [3.8, 4) is 0 Å². The van der Waals surface area contributed by atoms with E-state index in [0.29, 0.717) is 24.6 Å². The lowest BCUT2D eigenvalue weighted by Gasteiger charge is -2.07. The molecule has 2 heterocycles. The summed E-state index contributed by atoms with van der Waals surface area (Å²) in [5.74, 6) is 0.263. The highest BCUT2D eigenvalue weighted by Crippen LogP contribution is 2.07. The van der Waals surface area contributed by atoms with Crippen molar-refractivity contribution in [1.82, 2.24) is 20.3 Å². The van der Waals surface area contributed by atoms with Crippen molar-refractivity contribution >= 4 is 11.9 Å². The van der Waals surface area contributed by atoms with Gasteiger partial charge in [0.2, 0.25) is 5.95 Å². The number of rotatable bonds is 6. The predicted octanol–water partition coefficient (Wildman–Crippen LogP) is 2.72. The van der Waals surface area contributed by atoms with Crippen LogP contribution >= 0.6 is 0 Å². The summed E-state index contributed by atoms with van der Waals surface area (Å²) in [5.41, 5.74) is 3.58. The molecule has 0 spiro atoms. The van der Waals surface area contributed by atoms with Crippen LogP contribution in [0.15, 0.2) is 61.1 Å². The zero-order valence-corrected chi connectivity index (χ0v) is 13.9. The Morgan fingerprint density at radius 1 is 1.00 bits per heavy atom. The lowest BCUT2D eigenvalue weighted by atomic mass is 10.1. The zero-order valence-electron chi connectivity index (χ0n) is 13.9. The molecule has 2 N–H and O–H groups in total. The first-order chi connectivity index (χ1) is 12.2. The van der Waals surface area contributed by atoms with Gasteiger partial charge >= 0.3 is 0 Å². The molecule has 126 valence electrons. The number of nitrogens with zero attached hydrogens (tertiary/aromatic N) is 3. The Labute approximate surface area is 146 Å². The fourth-order valence-electron chi connectivity index (χ4n) is 2.32. The maximum Gasteiger partial charge on any atom is 0.254 e. The molecule has 1 aromatic carbocycles. The molecule has 3 rings (SSSR count). The van der Waals surface area contributed by atoms with Gasteiger partial charge in [0, 0.05) is 25.1 Å². The first-order valence-electron chi connectivity index (χ1n) is 8.00. The van der Waals surface area contributed by atoms with E-state index in [4.69, 9.17) is 0 Å². The fraction of sp³-hybridized carbons (Fsp3) is 0.158. The highest BCUT2D eigenvalue weighted by Gasteiger charge is 2.07. The van der Waals surface area contributed by atoms with Crippen molar-refractivity contribution in [3.63, 3.8) is 0 Å². The molecular weight excluding hydrogens is 314 g/mol. The molecule has 0 fully saturated rings. The van der Waals surface area contributed by atoms with Gasteiger partial charge in [0.1, 0.15) is 0 Å². The summed E-state index contributed by atoms with van der Waals surface area (Å²) in [4.78, 5) is 24.7. The summed E-state index contributed by atoms with van der Waals surface area (Å²) in [6.45, 7) is 3.05. The van der Waals surface area contributed by atoms with Crippen LogP contribution < -0.4 is 10.6 Å². The van der Waals surface area contributed by atoms with E-state index in [2.05, 4.69) is 44.6 Å². The molecule has 6 nitrogen and oxygen atoms in total. The molecule has 25 heavy (non-hydrogen) atoms. The van der Waals surface area contributed by atoms with Crippen molar-refractivity contribution in [3.05, 3.63) is 83.4 Å². The number of anilines is 1. The lowest BCUT2D eigenvalue weighted by molar-refractivity contribution is 0.0949. The van der Waals surface area contributed by atoms with Gasteiger partial charge in [-0.25, -0.2) is 9.97 Å². The number of benzene rings is 1. The Morgan fingerprint density at radius 2 is 1.84 bits per heavy atom. The van der Waals surface area contributed by atoms with Gasteiger partial charge in [0.15, 0.2) is 0 Å². The minimum absolute atomic E-state index is 0.226. The Kier molecular flexibility index (Phi) is 5.31. The van der Waals surface area contributed by atoms with Gasteiger partial charge in [0.05, 0.1) is 17.8 Å². The maximum atomic E-state index is 12.1. The second-order valence-corrected chi connectivity index (χ2v) is 5.64. The van der Waals surface area contributed by atoms with Gasteiger partial charge in [-0.3, -0.25) is 9.78 Å². The van der Waals surface area contributed by atoms with Crippen molar-refractivity contribution < 1.29 is 4.79 Å². The lowest BCUT2D eigenvalue weighted by Crippen LogP contribution is -2.23. The molecule has 3 aromatic rings. The summed E-state index contributed by atoms with van der Waals surface area (Å²) in [6.07, 6.45) is 4.72. The Morgan fingerprint density at radius 3 is 2.56 bits per heavy atom. The molecule has 0 unspecified atom stereocenters. The molecule has 6 heteroatoms. The summed E-state index contributed by atoms with van der Waals surface area (Å²) in [7, 11) is 0. The molecule has 2 aromatic heterocycles. The number of carbonyl (C=O) groups is 1. The van der Waals surface area contributed by atoms with Crippen LogP contribution in [-0.4, -0.2) is 20.9 Å². The second-order valence-electron chi connectivity index (χ2n) is 5.64. The molecule has 0 aliphatic carbocycles. The van der Waals surface area contributed by atoms with Gasteiger partial charge in [-0.15, -0.1) is 0 Å². The zero-order chi connectivity index (χ0) is 17.5. The fourth-order valence-corrected chi connectivity index (χ4v) is 2.32. The molecule has 0 bridgehead atoms. The average Bonchev–Trinajstić information content (AvgIpc) is 2.66. The summed E-state index contributed by atoms with van der Waals surface area (Å²) in [6, 6.07) is 13.8. The quantitative estimate of drug-likeness (QED) is 0.725. The standard InChI is InChI=1S/C19H19N5O/c1-14-5-4-6-15(9-14)10-22-19-23-11-16(12-24-19)18(25)21-13-17-7-2-3-8-20-17/h2-9,11-12H,10,13H2,1H3,(H,21,25)(H,22,23,24). The topological polar surface area (TPSA) is 79.8 Å². The van der Waals surface area contributed by atoms with Crippen molar-refractivity contribution in [1.29, 1.82) is 0 Å². The van der Waals surface area contributed by atoms with Crippen molar-refractivity contribution in [2.75, 3.05) is 5.32 Å². The van der Waals surface area contributed by atoms with E-state index in [1.807, 2.05) is 30.3 Å². The number of hydrogen-bond acceptors (Lipinski definition) is 5. The first-order valence-corrected chi connectivity index (χ1v) is 8.00. The second kappa shape index (κ2) is 8.01. The number of nitrogens with one attached hydrogen (secondary N) is 2. The van der Waals surface area contributed by atoms with Crippen LogP contribution in [0.3, 0.4) is 0 Å². The van der Waals surface area contributed by atoms with E-state index >= 15 is 0 Å². The van der Waals surface area contributed by atoms with Crippen molar-refractivity contribution in [2.45, 2.75) is 20.0 Å². The highest BCUT2D eigenvalue weighted by atomic mass is 16.1. The molecule has 1 amide bonds. The van der Waals surface area contributed by atoms with Crippen molar-refractivity contribution in [2.24, 2.45) is 0 Å². The summed E-state index contributed by atoms with van der Waals surface area (Å²) in [5, 5.41) is 5.95. The highest BCUT2D eigenvalue weighted by molar-refractivity contribution is 5.93. The average molecular weight is 333 g/mol. The smallest absolute Gasteiger partial charge is 0.254 e. The monoisotopic (exact) mass is 333 g/mol. The van der Waals surface area contributed by atoms with E-state index in [1.54, 1.807) is 6.20 Å². The van der Waals surface area contributed by atoms with Crippen LogP contribution in [-0.2, 0) is 13.1 Å². The molecule has 0 atom stereocenters. The van der Waals surface area contributed by atoms with Gasteiger partial charge in [0.25, 0.3) is 5.91 Å². The maximum absolute atomic E-state index is 12.1. The summed E-state index contributed by atoms with van der Waals surface area (Å²) >= 11 is 0. The summed E-state index contributed by atoms with van der Waals surface area (Å²) < 4.78 is 0. The van der Waals surface area contributed by atoms with E-state index in [0.717, 1.165) is 11.3 Å². The third-order valence-corrected chi connectivity index (χ3v) is 3.60. The normalized spacial score (nSPS) is 10.3. The molecular formula is C19H19N5O. The first kappa shape index (κ1) is 16.6. The largest absolute Gasteiger partial charge is 0.350 e. The number of aryl methyl sites for hydroxylation is 1. The molecule has 0 aliphatic rings. The van der Waals surface area contributed by atoms with Gasteiger partial charge < -0.3 is 10.6 Å². The van der Waals surface area contributed by atoms with Crippen LogP contribution in [0.4, 0.5) is 5.95 Å².